The lowest BCUT2D eigenvalue weighted by atomic mass is 10.1. The highest BCUT2D eigenvalue weighted by molar-refractivity contribution is 5.79. The van der Waals surface area contributed by atoms with Crippen molar-refractivity contribution in [1.82, 2.24) is 15.5 Å². The molecule has 3 N–H and O–H groups in total. The number of likely N-dealkylation sites (tertiary alicyclic amines) is 1. The second-order valence-corrected chi connectivity index (χ2v) is 6.12. The number of nitrogens with zero attached hydrogens (tertiary/aromatic N) is 2. The SMILES string of the molecule is CCNC(=NCC(O)c1ccc(F)cc1)NCCN1CCCCC1. The fourth-order valence-corrected chi connectivity index (χ4v) is 2.83. The molecule has 0 aliphatic carbocycles. The summed E-state index contributed by atoms with van der Waals surface area (Å²) in [4.78, 5) is 6.89. The zero-order valence-corrected chi connectivity index (χ0v) is 14.5. The van der Waals surface area contributed by atoms with Crippen molar-refractivity contribution in [3.63, 3.8) is 0 Å². The van der Waals surface area contributed by atoms with E-state index < -0.39 is 6.10 Å². The fourth-order valence-electron chi connectivity index (χ4n) is 2.83. The van der Waals surface area contributed by atoms with Crippen molar-refractivity contribution in [2.45, 2.75) is 32.3 Å². The molecular weight excluding hydrogens is 307 g/mol. The van der Waals surface area contributed by atoms with Crippen LogP contribution in [0.1, 0.15) is 37.9 Å². The van der Waals surface area contributed by atoms with Crippen molar-refractivity contribution in [1.29, 1.82) is 0 Å². The summed E-state index contributed by atoms with van der Waals surface area (Å²) in [6.07, 6.45) is 3.19. The Labute approximate surface area is 144 Å². The molecule has 0 spiro atoms. The zero-order valence-electron chi connectivity index (χ0n) is 14.5. The third kappa shape index (κ3) is 6.45. The van der Waals surface area contributed by atoms with Crippen LogP contribution in [0.4, 0.5) is 4.39 Å². The average Bonchev–Trinajstić information content (AvgIpc) is 2.61. The van der Waals surface area contributed by atoms with Gasteiger partial charge in [-0.3, -0.25) is 4.99 Å². The third-order valence-corrected chi connectivity index (χ3v) is 4.19. The van der Waals surface area contributed by atoms with Gasteiger partial charge < -0.3 is 20.6 Å². The topological polar surface area (TPSA) is 59.9 Å². The van der Waals surface area contributed by atoms with Crippen LogP contribution in [0.25, 0.3) is 0 Å². The highest BCUT2D eigenvalue weighted by Gasteiger charge is 2.10. The van der Waals surface area contributed by atoms with Gasteiger partial charge in [0.15, 0.2) is 5.96 Å². The molecule has 6 heteroatoms. The second-order valence-electron chi connectivity index (χ2n) is 6.12. The summed E-state index contributed by atoms with van der Waals surface area (Å²) in [7, 11) is 0. The van der Waals surface area contributed by atoms with Crippen LogP contribution in [-0.4, -0.2) is 55.2 Å². The van der Waals surface area contributed by atoms with Crippen LogP contribution >= 0.6 is 0 Å². The first-order valence-corrected chi connectivity index (χ1v) is 8.87. The van der Waals surface area contributed by atoms with E-state index in [9.17, 15) is 9.50 Å². The Hall–Kier alpha value is -1.66. The van der Waals surface area contributed by atoms with Gasteiger partial charge in [0, 0.05) is 19.6 Å². The Morgan fingerprint density at radius 3 is 2.58 bits per heavy atom. The predicted octanol–water partition coefficient (Wildman–Crippen LogP) is 1.90. The first-order valence-electron chi connectivity index (χ1n) is 8.87. The van der Waals surface area contributed by atoms with E-state index in [1.807, 2.05) is 6.92 Å². The van der Waals surface area contributed by atoms with Crippen molar-refractivity contribution in [3.8, 4) is 0 Å². The molecule has 0 radical (unpaired) electrons. The predicted molar refractivity (Wildman–Crippen MR) is 95.6 cm³/mol. The number of nitrogens with one attached hydrogen (secondary N) is 2. The number of aliphatic hydroxyl groups is 1. The van der Waals surface area contributed by atoms with E-state index in [0.717, 1.165) is 19.6 Å². The highest BCUT2D eigenvalue weighted by Crippen LogP contribution is 2.13. The molecule has 0 bridgehead atoms. The number of benzene rings is 1. The van der Waals surface area contributed by atoms with Gasteiger partial charge in [-0.15, -0.1) is 0 Å². The molecule has 5 nitrogen and oxygen atoms in total. The minimum absolute atomic E-state index is 0.241. The number of aliphatic imine (C=N–C) groups is 1. The van der Waals surface area contributed by atoms with Gasteiger partial charge in [-0.1, -0.05) is 18.6 Å². The van der Waals surface area contributed by atoms with Gasteiger partial charge in [-0.25, -0.2) is 4.39 Å². The molecule has 1 aromatic carbocycles. The van der Waals surface area contributed by atoms with Crippen LogP contribution < -0.4 is 10.6 Å². The number of rotatable bonds is 7. The summed E-state index contributed by atoms with van der Waals surface area (Å²) in [6.45, 7) is 7.21. The Morgan fingerprint density at radius 1 is 1.21 bits per heavy atom. The summed E-state index contributed by atoms with van der Waals surface area (Å²) in [5.74, 6) is 0.401. The Morgan fingerprint density at radius 2 is 1.92 bits per heavy atom. The van der Waals surface area contributed by atoms with Gasteiger partial charge in [0.25, 0.3) is 0 Å². The Kier molecular flexibility index (Phi) is 7.98. The molecule has 1 aliphatic heterocycles. The maximum absolute atomic E-state index is 12.9. The minimum Gasteiger partial charge on any atom is -0.386 e. The molecule has 1 saturated heterocycles. The molecule has 134 valence electrons. The molecule has 2 rings (SSSR count). The van der Waals surface area contributed by atoms with Crippen LogP contribution in [0.3, 0.4) is 0 Å². The van der Waals surface area contributed by atoms with Crippen molar-refractivity contribution < 1.29 is 9.50 Å². The van der Waals surface area contributed by atoms with E-state index >= 15 is 0 Å². The fraction of sp³-hybridized carbons (Fsp3) is 0.611. The average molecular weight is 336 g/mol. The molecule has 1 aliphatic rings. The van der Waals surface area contributed by atoms with Crippen LogP contribution in [0, 0.1) is 5.82 Å². The molecule has 1 heterocycles. The number of guanidine groups is 1. The van der Waals surface area contributed by atoms with Crippen LogP contribution in [0.15, 0.2) is 29.3 Å². The van der Waals surface area contributed by atoms with Gasteiger partial charge in [0.1, 0.15) is 5.82 Å². The highest BCUT2D eigenvalue weighted by atomic mass is 19.1. The van der Waals surface area contributed by atoms with E-state index in [2.05, 4.69) is 20.5 Å². The molecule has 24 heavy (non-hydrogen) atoms. The Bertz CT molecular complexity index is 500. The standard InChI is InChI=1S/C18H29FN4O/c1-2-20-18(21-10-13-23-11-4-3-5-12-23)22-14-17(24)15-6-8-16(19)9-7-15/h6-9,17,24H,2-5,10-14H2,1H3,(H2,20,21,22). The number of halogens is 1. The lowest BCUT2D eigenvalue weighted by Crippen LogP contribution is -2.42. The van der Waals surface area contributed by atoms with Gasteiger partial charge >= 0.3 is 0 Å². The van der Waals surface area contributed by atoms with Crippen LogP contribution in [-0.2, 0) is 0 Å². The first-order chi connectivity index (χ1) is 11.7. The molecule has 0 aromatic heterocycles. The van der Waals surface area contributed by atoms with E-state index in [1.165, 1.54) is 44.5 Å². The van der Waals surface area contributed by atoms with E-state index in [1.54, 1.807) is 12.1 Å². The maximum atomic E-state index is 12.9. The van der Waals surface area contributed by atoms with E-state index in [-0.39, 0.29) is 12.4 Å². The Balaban J connectivity index is 1.79. The first kappa shape index (κ1) is 18.7. The molecule has 1 unspecified atom stereocenters. The molecule has 0 amide bonds. The molecule has 1 atom stereocenters. The summed E-state index contributed by atoms with van der Waals surface area (Å²) in [5.41, 5.74) is 0.671. The lowest BCUT2D eigenvalue weighted by molar-refractivity contribution is 0.187. The number of piperidine rings is 1. The minimum atomic E-state index is -0.733. The molecule has 0 saturated carbocycles. The number of aliphatic hydroxyl groups excluding tert-OH is 1. The maximum Gasteiger partial charge on any atom is 0.191 e. The summed E-state index contributed by atoms with van der Waals surface area (Å²) in [6, 6.07) is 5.88. The zero-order chi connectivity index (χ0) is 17.2. The number of hydrogen-bond donors (Lipinski definition) is 3. The van der Waals surface area contributed by atoms with Gasteiger partial charge in [-0.2, -0.15) is 0 Å². The quantitative estimate of drug-likeness (QED) is 0.526. The van der Waals surface area contributed by atoms with Crippen molar-refractivity contribution in [2.75, 3.05) is 39.3 Å². The molecule has 1 aromatic rings. The second kappa shape index (κ2) is 10.3. The smallest absolute Gasteiger partial charge is 0.191 e. The van der Waals surface area contributed by atoms with Gasteiger partial charge in [0.2, 0.25) is 0 Å². The van der Waals surface area contributed by atoms with Crippen molar-refractivity contribution >= 4 is 5.96 Å². The molecular formula is C18H29FN4O. The number of hydrogen-bond acceptors (Lipinski definition) is 3. The van der Waals surface area contributed by atoms with Gasteiger partial charge in [-0.05, 0) is 50.6 Å². The normalized spacial score (nSPS) is 17.5. The molecule has 1 fully saturated rings. The van der Waals surface area contributed by atoms with Crippen LogP contribution in [0.2, 0.25) is 0 Å². The summed E-state index contributed by atoms with van der Waals surface area (Å²) >= 11 is 0. The van der Waals surface area contributed by atoms with Gasteiger partial charge in [0.05, 0.1) is 12.6 Å². The lowest BCUT2D eigenvalue weighted by Gasteiger charge is -2.26. The summed E-state index contributed by atoms with van der Waals surface area (Å²) in [5, 5.41) is 16.7. The van der Waals surface area contributed by atoms with Crippen molar-refractivity contribution in [3.05, 3.63) is 35.6 Å². The van der Waals surface area contributed by atoms with Crippen molar-refractivity contribution in [2.24, 2.45) is 4.99 Å². The largest absolute Gasteiger partial charge is 0.386 e. The summed E-state index contributed by atoms with van der Waals surface area (Å²) < 4.78 is 12.9. The van der Waals surface area contributed by atoms with E-state index in [0.29, 0.717) is 11.5 Å². The monoisotopic (exact) mass is 336 g/mol. The third-order valence-electron chi connectivity index (χ3n) is 4.19. The van der Waals surface area contributed by atoms with E-state index in [4.69, 9.17) is 0 Å². The van der Waals surface area contributed by atoms with Crippen LogP contribution in [0.5, 0.6) is 0 Å².